The van der Waals surface area contributed by atoms with Crippen LogP contribution >= 0.6 is 23.4 Å². The third kappa shape index (κ3) is 4.88. The molecule has 1 aromatic rings. The molecule has 0 unspecified atom stereocenters. The second kappa shape index (κ2) is 5.65. The van der Waals surface area contributed by atoms with Gasteiger partial charge in [0.05, 0.1) is 10.7 Å². The topological polar surface area (TPSA) is 52.3 Å². The number of carbonyl (C=O) groups is 1. The number of nitrogens with two attached hydrogens (primary N) is 1. The summed E-state index contributed by atoms with van der Waals surface area (Å²) in [4.78, 5) is 11.8. The van der Waals surface area contributed by atoms with Crippen LogP contribution in [0.5, 0.6) is 0 Å². The SMILES string of the molecule is CC(=O)OCC(C)(C)Sc1ccc(Cl)c(N)c1. The predicted octanol–water partition coefficient (Wildman–Crippen LogP) is 3.36. The van der Waals surface area contributed by atoms with E-state index < -0.39 is 0 Å². The number of nitrogen functional groups attached to an aromatic ring is 1. The maximum absolute atomic E-state index is 10.8. The maximum Gasteiger partial charge on any atom is 0.302 e. The van der Waals surface area contributed by atoms with E-state index in [0.717, 1.165) is 4.90 Å². The number of ether oxygens (including phenoxy) is 1. The molecular formula is C12H16ClNO2S. The summed E-state index contributed by atoms with van der Waals surface area (Å²) in [5.74, 6) is -0.269. The Morgan fingerprint density at radius 3 is 2.71 bits per heavy atom. The number of carbonyl (C=O) groups excluding carboxylic acids is 1. The lowest BCUT2D eigenvalue weighted by Crippen LogP contribution is -2.24. The van der Waals surface area contributed by atoms with Gasteiger partial charge in [-0.15, -0.1) is 11.8 Å². The summed E-state index contributed by atoms with van der Waals surface area (Å²) >= 11 is 7.45. The molecule has 1 aromatic carbocycles. The summed E-state index contributed by atoms with van der Waals surface area (Å²) < 4.78 is 4.81. The van der Waals surface area contributed by atoms with E-state index >= 15 is 0 Å². The zero-order valence-corrected chi connectivity index (χ0v) is 11.7. The lowest BCUT2D eigenvalue weighted by molar-refractivity contribution is -0.141. The zero-order chi connectivity index (χ0) is 13.1. The molecule has 0 aliphatic carbocycles. The van der Waals surface area contributed by atoms with Crippen LogP contribution in [0.1, 0.15) is 20.8 Å². The van der Waals surface area contributed by atoms with Crippen molar-refractivity contribution in [2.75, 3.05) is 12.3 Å². The zero-order valence-electron chi connectivity index (χ0n) is 10.1. The molecule has 0 spiro atoms. The summed E-state index contributed by atoms with van der Waals surface area (Å²) in [5, 5.41) is 0.548. The van der Waals surface area contributed by atoms with Crippen molar-refractivity contribution < 1.29 is 9.53 Å². The number of hydrogen-bond acceptors (Lipinski definition) is 4. The molecule has 5 heteroatoms. The van der Waals surface area contributed by atoms with Crippen molar-refractivity contribution in [3.8, 4) is 0 Å². The van der Waals surface area contributed by atoms with Gasteiger partial charge < -0.3 is 10.5 Å². The van der Waals surface area contributed by atoms with Gasteiger partial charge in [0, 0.05) is 16.6 Å². The van der Waals surface area contributed by atoms with Gasteiger partial charge in [0.25, 0.3) is 0 Å². The average molecular weight is 274 g/mol. The highest BCUT2D eigenvalue weighted by Gasteiger charge is 2.21. The maximum atomic E-state index is 10.8. The second-order valence-electron chi connectivity index (χ2n) is 4.33. The van der Waals surface area contributed by atoms with Gasteiger partial charge in [0.2, 0.25) is 0 Å². The summed E-state index contributed by atoms with van der Waals surface area (Å²) in [6, 6.07) is 5.49. The molecule has 0 aliphatic rings. The molecule has 2 N–H and O–H groups in total. The first-order chi connectivity index (χ1) is 7.80. The minimum atomic E-state index is -0.269. The van der Waals surface area contributed by atoms with E-state index in [1.54, 1.807) is 17.8 Å². The lowest BCUT2D eigenvalue weighted by Gasteiger charge is -2.23. The smallest absolute Gasteiger partial charge is 0.302 e. The minimum Gasteiger partial charge on any atom is -0.464 e. The van der Waals surface area contributed by atoms with Crippen molar-refractivity contribution in [1.82, 2.24) is 0 Å². The third-order valence-electron chi connectivity index (χ3n) is 1.98. The molecule has 0 bridgehead atoms. The Bertz CT molecular complexity index is 421. The average Bonchev–Trinajstić information content (AvgIpc) is 2.21. The monoisotopic (exact) mass is 273 g/mol. The fourth-order valence-electron chi connectivity index (χ4n) is 1.21. The lowest BCUT2D eigenvalue weighted by atomic mass is 10.2. The predicted molar refractivity (Wildman–Crippen MR) is 72.4 cm³/mol. The molecule has 1 rings (SSSR count). The number of benzene rings is 1. The summed E-state index contributed by atoms with van der Waals surface area (Å²) in [7, 11) is 0. The van der Waals surface area contributed by atoms with Crippen LogP contribution in [0.15, 0.2) is 23.1 Å². The normalized spacial score (nSPS) is 11.3. The molecule has 0 radical (unpaired) electrons. The van der Waals surface area contributed by atoms with Gasteiger partial charge in [-0.1, -0.05) is 11.6 Å². The largest absolute Gasteiger partial charge is 0.464 e. The van der Waals surface area contributed by atoms with Crippen LogP contribution in [0.3, 0.4) is 0 Å². The Balaban J connectivity index is 2.68. The number of rotatable bonds is 4. The van der Waals surface area contributed by atoms with Gasteiger partial charge in [-0.25, -0.2) is 0 Å². The van der Waals surface area contributed by atoms with Crippen LogP contribution in [0.25, 0.3) is 0 Å². The number of esters is 1. The molecule has 3 nitrogen and oxygen atoms in total. The van der Waals surface area contributed by atoms with Crippen LogP contribution in [-0.4, -0.2) is 17.3 Å². The number of hydrogen-bond donors (Lipinski definition) is 1. The Kier molecular flexibility index (Phi) is 4.71. The first-order valence-corrected chi connectivity index (χ1v) is 6.37. The van der Waals surface area contributed by atoms with Crippen molar-refractivity contribution in [3.63, 3.8) is 0 Å². The standard InChI is InChI=1S/C12H16ClNO2S/c1-8(15)16-7-12(2,3)17-9-4-5-10(13)11(14)6-9/h4-6H,7,14H2,1-3H3. The van der Waals surface area contributed by atoms with Gasteiger partial charge in [0.1, 0.15) is 6.61 Å². The molecule has 94 valence electrons. The molecule has 0 heterocycles. The molecule has 0 amide bonds. The van der Waals surface area contributed by atoms with Gasteiger partial charge in [-0.2, -0.15) is 0 Å². The molecule has 17 heavy (non-hydrogen) atoms. The van der Waals surface area contributed by atoms with Gasteiger partial charge in [-0.05, 0) is 32.0 Å². The van der Waals surface area contributed by atoms with Crippen LogP contribution in [0.2, 0.25) is 5.02 Å². The fraction of sp³-hybridized carbons (Fsp3) is 0.417. The van der Waals surface area contributed by atoms with Gasteiger partial charge in [0.15, 0.2) is 0 Å². The number of thioether (sulfide) groups is 1. The Hall–Kier alpha value is -0.870. The summed E-state index contributed by atoms with van der Waals surface area (Å²) in [6.45, 7) is 5.77. The van der Waals surface area contributed by atoms with Crippen LogP contribution < -0.4 is 5.73 Å². The first kappa shape index (κ1) is 14.2. The van der Waals surface area contributed by atoms with Crippen molar-refractivity contribution in [2.24, 2.45) is 0 Å². The van der Waals surface area contributed by atoms with E-state index in [4.69, 9.17) is 22.1 Å². The van der Waals surface area contributed by atoms with E-state index in [-0.39, 0.29) is 10.7 Å². The molecular weight excluding hydrogens is 258 g/mol. The number of anilines is 1. The molecule has 0 aliphatic heterocycles. The third-order valence-corrected chi connectivity index (χ3v) is 3.49. The molecule has 0 aromatic heterocycles. The Morgan fingerprint density at radius 1 is 1.53 bits per heavy atom. The van der Waals surface area contributed by atoms with Gasteiger partial charge in [-0.3, -0.25) is 4.79 Å². The van der Waals surface area contributed by atoms with E-state index in [9.17, 15) is 4.79 Å². The van der Waals surface area contributed by atoms with Gasteiger partial charge >= 0.3 is 5.97 Å². The first-order valence-electron chi connectivity index (χ1n) is 5.17. The summed E-state index contributed by atoms with van der Waals surface area (Å²) in [6.07, 6.45) is 0. The van der Waals surface area contributed by atoms with Crippen molar-refractivity contribution in [1.29, 1.82) is 0 Å². The van der Waals surface area contributed by atoms with Crippen molar-refractivity contribution in [2.45, 2.75) is 30.4 Å². The van der Waals surface area contributed by atoms with Crippen molar-refractivity contribution in [3.05, 3.63) is 23.2 Å². The molecule has 0 atom stereocenters. The fourth-order valence-corrected chi connectivity index (χ4v) is 2.40. The Labute approximate surface area is 111 Å². The van der Waals surface area contributed by atoms with E-state index in [1.165, 1.54) is 6.92 Å². The highest BCUT2D eigenvalue weighted by molar-refractivity contribution is 8.00. The highest BCUT2D eigenvalue weighted by Crippen LogP contribution is 2.35. The quantitative estimate of drug-likeness (QED) is 0.519. The van der Waals surface area contributed by atoms with Crippen LogP contribution in [0.4, 0.5) is 5.69 Å². The molecule has 0 saturated carbocycles. The Morgan fingerprint density at radius 2 is 2.18 bits per heavy atom. The molecule has 0 fully saturated rings. The summed E-state index contributed by atoms with van der Waals surface area (Å²) in [5.41, 5.74) is 6.29. The van der Waals surface area contributed by atoms with Crippen LogP contribution in [0, 0.1) is 0 Å². The van der Waals surface area contributed by atoms with Crippen molar-refractivity contribution >= 4 is 35.0 Å². The molecule has 0 saturated heterocycles. The van der Waals surface area contributed by atoms with E-state index in [2.05, 4.69) is 0 Å². The van der Waals surface area contributed by atoms with E-state index in [0.29, 0.717) is 17.3 Å². The minimum absolute atomic E-state index is 0.202. The van der Waals surface area contributed by atoms with E-state index in [1.807, 2.05) is 26.0 Å². The highest BCUT2D eigenvalue weighted by atomic mass is 35.5. The van der Waals surface area contributed by atoms with Crippen LogP contribution in [-0.2, 0) is 9.53 Å². The second-order valence-corrected chi connectivity index (χ2v) is 6.51. The number of halogens is 1.